The van der Waals surface area contributed by atoms with E-state index in [9.17, 15) is 14.4 Å². The number of imide groups is 1. The average Bonchev–Trinajstić information content (AvgIpc) is 3.02. The first-order valence-electron chi connectivity index (χ1n) is 11.9. The normalized spacial score (nSPS) is 28.7. The van der Waals surface area contributed by atoms with E-state index < -0.39 is 11.9 Å². The predicted octanol–water partition coefficient (Wildman–Crippen LogP) is 3.06. The van der Waals surface area contributed by atoms with Gasteiger partial charge < -0.3 is 15.8 Å². The van der Waals surface area contributed by atoms with Gasteiger partial charge in [-0.05, 0) is 67.6 Å². The number of urea groups is 1. The summed E-state index contributed by atoms with van der Waals surface area (Å²) in [6.07, 6.45) is 6.28. The second-order valence-corrected chi connectivity index (χ2v) is 10.2. The molecule has 34 heavy (non-hydrogen) atoms. The molecule has 1 spiro atoms. The standard InChI is InChI=1S/C26H30N4O4/c1-16(10-17-6-3-2-4-7-17)11-21-24(32)30(25(33)29-21)18-12-26(13-18)14-19(15-26)34-23-20(22(27)31)8-5-9-28-23/h2-9,16,18-19,21H,10-15H2,1H3,(H2,27,31)(H,29,33). The van der Waals surface area contributed by atoms with Crippen LogP contribution in [0.2, 0.25) is 0 Å². The molecule has 8 heteroatoms. The van der Waals surface area contributed by atoms with Crippen LogP contribution in [-0.4, -0.2) is 45.9 Å². The summed E-state index contributed by atoms with van der Waals surface area (Å²) in [5.41, 5.74) is 7.01. The van der Waals surface area contributed by atoms with Crippen LogP contribution in [0.4, 0.5) is 4.79 Å². The van der Waals surface area contributed by atoms with Gasteiger partial charge in [0.15, 0.2) is 0 Å². The molecule has 2 unspecified atom stereocenters. The zero-order valence-electron chi connectivity index (χ0n) is 19.3. The van der Waals surface area contributed by atoms with Crippen molar-refractivity contribution in [3.05, 3.63) is 59.8 Å². The second kappa shape index (κ2) is 8.74. The van der Waals surface area contributed by atoms with Crippen LogP contribution >= 0.6 is 0 Å². The van der Waals surface area contributed by atoms with Crippen molar-refractivity contribution in [2.75, 3.05) is 0 Å². The Bertz CT molecular complexity index is 1090. The number of benzene rings is 1. The Hall–Kier alpha value is -3.42. The summed E-state index contributed by atoms with van der Waals surface area (Å²) in [6.45, 7) is 2.12. The minimum atomic E-state index is -0.563. The van der Waals surface area contributed by atoms with Gasteiger partial charge in [-0.1, -0.05) is 37.3 Å². The molecular formula is C26H30N4O4. The van der Waals surface area contributed by atoms with E-state index in [4.69, 9.17) is 10.5 Å². The highest BCUT2D eigenvalue weighted by Crippen LogP contribution is 2.58. The molecule has 2 saturated carbocycles. The summed E-state index contributed by atoms with van der Waals surface area (Å²) in [7, 11) is 0. The number of hydrogen-bond donors (Lipinski definition) is 2. The molecule has 8 nitrogen and oxygen atoms in total. The van der Waals surface area contributed by atoms with E-state index in [1.807, 2.05) is 18.2 Å². The summed E-state index contributed by atoms with van der Waals surface area (Å²) in [5.74, 6) is -0.110. The molecule has 5 rings (SSSR count). The maximum atomic E-state index is 13.0. The van der Waals surface area contributed by atoms with Crippen molar-refractivity contribution < 1.29 is 19.1 Å². The number of rotatable bonds is 8. The second-order valence-electron chi connectivity index (χ2n) is 10.2. The van der Waals surface area contributed by atoms with Gasteiger partial charge in [-0.2, -0.15) is 0 Å². The fourth-order valence-electron chi connectivity index (χ4n) is 5.83. The largest absolute Gasteiger partial charge is 0.474 e. The number of amides is 4. The quantitative estimate of drug-likeness (QED) is 0.585. The van der Waals surface area contributed by atoms with Crippen molar-refractivity contribution in [3.63, 3.8) is 0 Å². The van der Waals surface area contributed by atoms with Gasteiger partial charge in [0.05, 0.1) is 0 Å². The number of pyridine rings is 1. The summed E-state index contributed by atoms with van der Waals surface area (Å²) < 4.78 is 5.91. The molecule has 4 amide bonds. The van der Waals surface area contributed by atoms with Crippen LogP contribution in [0.5, 0.6) is 5.88 Å². The maximum absolute atomic E-state index is 13.0. The monoisotopic (exact) mass is 462 g/mol. The predicted molar refractivity (Wildman–Crippen MR) is 125 cm³/mol. The third-order valence-electron chi connectivity index (χ3n) is 7.46. The van der Waals surface area contributed by atoms with Gasteiger partial charge in [-0.25, -0.2) is 9.78 Å². The Kier molecular flexibility index (Phi) is 5.75. The van der Waals surface area contributed by atoms with E-state index in [0.717, 1.165) is 32.1 Å². The molecule has 2 heterocycles. The first-order chi connectivity index (χ1) is 16.3. The Morgan fingerprint density at radius 2 is 1.91 bits per heavy atom. The Balaban J connectivity index is 1.11. The molecule has 1 aliphatic heterocycles. The fourth-order valence-corrected chi connectivity index (χ4v) is 5.83. The minimum absolute atomic E-state index is 0.0383. The molecule has 2 aromatic rings. The highest BCUT2D eigenvalue weighted by Gasteiger charge is 2.58. The Morgan fingerprint density at radius 1 is 1.18 bits per heavy atom. The van der Waals surface area contributed by atoms with Crippen LogP contribution in [0, 0.1) is 11.3 Å². The van der Waals surface area contributed by atoms with Gasteiger partial charge in [0.2, 0.25) is 5.88 Å². The molecule has 0 radical (unpaired) electrons. The minimum Gasteiger partial charge on any atom is -0.474 e. The summed E-state index contributed by atoms with van der Waals surface area (Å²) in [5, 5.41) is 2.90. The van der Waals surface area contributed by atoms with Crippen LogP contribution in [-0.2, 0) is 11.2 Å². The van der Waals surface area contributed by atoms with E-state index >= 15 is 0 Å². The summed E-state index contributed by atoms with van der Waals surface area (Å²) in [6, 6.07) is 12.7. The molecule has 3 N–H and O–H groups in total. The molecule has 1 aromatic heterocycles. The zero-order valence-corrected chi connectivity index (χ0v) is 19.3. The lowest BCUT2D eigenvalue weighted by atomic mass is 9.52. The lowest BCUT2D eigenvalue weighted by molar-refractivity contribution is -0.141. The van der Waals surface area contributed by atoms with E-state index in [1.54, 1.807) is 18.3 Å². The highest BCUT2D eigenvalue weighted by atomic mass is 16.5. The van der Waals surface area contributed by atoms with Crippen LogP contribution in [0.1, 0.15) is 54.9 Å². The molecule has 2 atom stereocenters. The smallest absolute Gasteiger partial charge is 0.325 e. The highest BCUT2D eigenvalue weighted by molar-refractivity contribution is 6.04. The molecular weight excluding hydrogens is 432 g/mol. The molecule has 2 aliphatic carbocycles. The molecule has 3 aliphatic rings. The van der Waals surface area contributed by atoms with Gasteiger partial charge in [0.25, 0.3) is 11.8 Å². The van der Waals surface area contributed by atoms with Crippen molar-refractivity contribution in [2.24, 2.45) is 17.1 Å². The van der Waals surface area contributed by atoms with Crippen LogP contribution in [0.15, 0.2) is 48.7 Å². The van der Waals surface area contributed by atoms with Crippen LogP contribution < -0.4 is 15.8 Å². The maximum Gasteiger partial charge on any atom is 0.325 e. The Labute approximate surface area is 198 Å². The SMILES string of the molecule is CC(Cc1ccccc1)CC1NC(=O)N(C2CC3(CC(Oc4ncccc4C(N)=O)C3)C2)C1=O. The molecule has 0 bridgehead atoms. The van der Waals surface area contributed by atoms with Gasteiger partial charge in [-0.3, -0.25) is 14.5 Å². The number of primary amides is 1. The van der Waals surface area contributed by atoms with Crippen LogP contribution in [0.3, 0.4) is 0 Å². The van der Waals surface area contributed by atoms with Gasteiger partial charge in [0, 0.05) is 12.2 Å². The number of carbonyl (C=O) groups excluding carboxylic acids is 3. The molecule has 1 aromatic carbocycles. The van der Waals surface area contributed by atoms with Crippen molar-refractivity contribution in [1.82, 2.24) is 15.2 Å². The number of ether oxygens (including phenoxy) is 1. The topological polar surface area (TPSA) is 115 Å². The number of nitrogens with one attached hydrogen (secondary N) is 1. The Morgan fingerprint density at radius 3 is 2.62 bits per heavy atom. The first kappa shape index (κ1) is 22.4. The number of nitrogens with two attached hydrogens (primary N) is 1. The number of hydrogen-bond acceptors (Lipinski definition) is 5. The van der Waals surface area contributed by atoms with E-state index in [1.165, 1.54) is 10.5 Å². The summed E-state index contributed by atoms with van der Waals surface area (Å²) >= 11 is 0. The van der Waals surface area contributed by atoms with E-state index in [-0.39, 0.29) is 46.9 Å². The number of aromatic nitrogens is 1. The van der Waals surface area contributed by atoms with Crippen molar-refractivity contribution in [3.8, 4) is 5.88 Å². The van der Waals surface area contributed by atoms with Crippen molar-refractivity contribution in [2.45, 2.75) is 63.6 Å². The van der Waals surface area contributed by atoms with E-state index in [0.29, 0.717) is 6.42 Å². The zero-order chi connectivity index (χ0) is 23.9. The van der Waals surface area contributed by atoms with Crippen molar-refractivity contribution in [1.29, 1.82) is 0 Å². The van der Waals surface area contributed by atoms with Gasteiger partial charge >= 0.3 is 6.03 Å². The summed E-state index contributed by atoms with van der Waals surface area (Å²) in [4.78, 5) is 42.8. The molecule has 178 valence electrons. The first-order valence-corrected chi connectivity index (χ1v) is 11.9. The lowest BCUT2D eigenvalue weighted by Gasteiger charge is -2.58. The average molecular weight is 463 g/mol. The third kappa shape index (κ3) is 4.24. The number of carbonyl (C=O) groups is 3. The van der Waals surface area contributed by atoms with Crippen LogP contribution in [0.25, 0.3) is 0 Å². The van der Waals surface area contributed by atoms with Gasteiger partial charge in [-0.15, -0.1) is 0 Å². The fraction of sp³-hybridized carbons (Fsp3) is 0.462. The van der Waals surface area contributed by atoms with E-state index in [2.05, 4.69) is 29.4 Å². The molecule has 3 fully saturated rings. The van der Waals surface area contributed by atoms with Crippen molar-refractivity contribution >= 4 is 17.8 Å². The van der Waals surface area contributed by atoms with Gasteiger partial charge in [0.1, 0.15) is 17.7 Å². The third-order valence-corrected chi connectivity index (χ3v) is 7.46. The number of nitrogens with zero attached hydrogens (tertiary/aromatic N) is 2. The lowest BCUT2D eigenvalue weighted by Crippen LogP contribution is -2.60. The molecule has 1 saturated heterocycles.